The van der Waals surface area contributed by atoms with Crippen LogP contribution in [-0.4, -0.2) is 12.7 Å². The topological polar surface area (TPSA) is 9.23 Å². The number of ether oxygens (including phenoxy) is 1. The van der Waals surface area contributed by atoms with Crippen LogP contribution < -0.4 is 0 Å². The summed E-state index contributed by atoms with van der Waals surface area (Å²) in [6.07, 6.45) is 3.18. The lowest BCUT2D eigenvalue weighted by atomic mass is 10.3. The van der Waals surface area contributed by atoms with Gasteiger partial charge in [-0.1, -0.05) is 18.5 Å². The predicted molar refractivity (Wildman–Crippen MR) is 40.7 cm³/mol. The first-order chi connectivity index (χ1) is 4.31. The van der Waals surface area contributed by atoms with Crippen LogP contribution in [0.4, 0.5) is 0 Å². The molecule has 0 rings (SSSR count). The SMILES string of the molecule is CCC(C)OC/C=C/Cl. The minimum Gasteiger partial charge on any atom is -0.374 e. The van der Waals surface area contributed by atoms with E-state index in [0.29, 0.717) is 12.7 Å². The van der Waals surface area contributed by atoms with Gasteiger partial charge in [0.15, 0.2) is 0 Å². The molecule has 0 heterocycles. The van der Waals surface area contributed by atoms with Crippen LogP contribution in [0.5, 0.6) is 0 Å². The van der Waals surface area contributed by atoms with Crippen molar-refractivity contribution in [1.29, 1.82) is 0 Å². The molecule has 9 heavy (non-hydrogen) atoms. The van der Waals surface area contributed by atoms with E-state index < -0.39 is 0 Å². The molecule has 2 heteroatoms. The van der Waals surface area contributed by atoms with Gasteiger partial charge in [-0.2, -0.15) is 0 Å². The maximum atomic E-state index is 5.27. The van der Waals surface area contributed by atoms with Crippen molar-refractivity contribution in [2.24, 2.45) is 0 Å². The Kier molecular flexibility index (Phi) is 6.11. The summed E-state index contributed by atoms with van der Waals surface area (Å²) in [5.74, 6) is 0. The van der Waals surface area contributed by atoms with Gasteiger partial charge in [-0.25, -0.2) is 0 Å². The summed E-state index contributed by atoms with van der Waals surface area (Å²) in [7, 11) is 0. The van der Waals surface area contributed by atoms with Crippen LogP contribution in [0.3, 0.4) is 0 Å². The molecule has 0 aliphatic carbocycles. The lowest BCUT2D eigenvalue weighted by Crippen LogP contribution is -2.05. The Hall–Kier alpha value is -0.0100. The molecule has 1 unspecified atom stereocenters. The fourth-order valence-electron chi connectivity index (χ4n) is 0.374. The normalized spacial score (nSPS) is 14.6. The van der Waals surface area contributed by atoms with Crippen LogP contribution in [-0.2, 0) is 4.74 Å². The molecule has 0 saturated carbocycles. The van der Waals surface area contributed by atoms with Crippen LogP contribution in [0.15, 0.2) is 11.6 Å². The number of rotatable bonds is 4. The Morgan fingerprint density at radius 3 is 2.78 bits per heavy atom. The van der Waals surface area contributed by atoms with Gasteiger partial charge in [0, 0.05) is 5.54 Å². The lowest BCUT2D eigenvalue weighted by Gasteiger charge is -2.06. The average molecular weight is 149 g/mol. The Morgan fingerprint density at radius 1 is 1.67 bits per heavy atom. The van der Waals surface area contributed by atoms with Crippen molar-refractivity contribution in [3.8, 4) is 0 Å². The molecular formula is C7H13ClO. The first kappa shape index (κ1) is 8.99. The van der Waals surface area contributed by atoms with Crippen LogP contribution in [0.25, 0.3) is 0 Å². The zero-order chi connectivity index (χ0) is 7.11. The highest BCUT2D eigenvalue weighted by Crippen LogP contribution is 1.95. The molecule has 0 aromatic heterocycles. The number of hydrogen-bond donors (Lipinski definition) is 0. The number of hydrogen-bond acceptors (Lipinski definition) is 1. The largest absolute Gasteiger partial charge is 0.374 e. The Bertz CT molecular complexity index is 81.0. The highest BCUT2D eigenvalue weighted by molar-refractivity contribution is 6.25. The van der Waals surface area contributed by atoms with Crippen LogP contribution in [0, 0.1) is 0 Å². The van der Waals surface area contributed by atoms with Crippen LogP contribution >= 0.6 is 11.6 Å². The monoisotopic (exact) mass is 148 g/mol. The van der Waals surface area contributed by atoms with Gasteiger partial charge < -0.3 is 4.74 Å². The van der Waals surface area contributed by atoms with E-state index in [2.05, 4.69) is 6.92 Å². The molecule has 1 atom stereocenters. The van der Waals surface area contributed by atoms with Crippen molar-refractivity contribution >= 4 is 11.6 Å². The fraction of sp³-hybridized carbons (Fsp3) is 0.714. The first-order valence-corrected chi connectivity index (χ1v) is 3.61. The van der Waals surface area contributed by atoms with Crippen molar-refractivity contribution in [3.63, 3.8) is 0 Å². The quantitative estimate of drug-likeness (QED) is 0.596. The molecule has 0 aliphatic rings. The van der Waals surface area contributed by atoms with Gasteiger partial charge in [0.2, 0.25) is 0 Å². The molecule has 0 bridgehead atoms. The zero-order valence-corrected chi connectivity index (χ0v) is 6.69. The lowest BCUT2D eigenvalue weighted by molar-refractivity contribution is 0.0857. The van der Waals surface area contributed by atoms with Gasteiger partial charge in [0.25, 0.3) is 0 Å². The third-order valence-corrected chi connectivity index (χ3v) is 1.32. The second-order valence-corrected chi connectivity index (χ2v) is 2.17. The van der Waals surface area contributed by atoms with Crippen molar-refractivity contribution < 1.29 is 4.74 Å². The molecule has 0 fully saturated rings. The Balaban J connectivity index is 3.06. The number of halogens is 1. The van der Waals surface area contributed by atoms with E-state index in [4.69, 9.17) is 16.3 Å². The molecule has 1 nitrogen and oxygen atoms in total. The summed E-state index contributed by atoms with van der Waals surface area (Å²) in [6, 6.07) is 0. The van der Waals surface area contributed by atoms with Gasteiger partial charge in [-0.15, -0.1) is 0 Å². The fourth-order valence-corrected chi connectivity index (χ4v) is 0.447. The average Bonchev–Trinajstić information content (AvgIpc) is 1.89. The summed E-state index contributed by atoms with van der Waals surface area (Å²) in [5.41, 5.74) is 1.47. The molecule has 0 spiro atoms. The molecule has 0 amide bonds. The van der Waals surface area contributed by atoms with E-state index in [1.807, 2.05) is 6.92 Å². The summed E-state index contributed by atoms with van der Waals surface area (Å²) >= 11 is 5.27. The molecule has 0 aromatic rings. The summed E-state index contributed by atoms with van der Waals surface area (Å²) in [6.45, 7) is 4.76. The van der Waals surface area contributed by atoms with Gasteiger partial charge in [-0.3, -0.25) is 0 Å². The van der Waals surface area contributed by atoms with E-state index in [1.165, 1.54) is 5.54 Å². The van der Waals surface area contributed by atoms with Crippen LogP contribution in [0.2, 0.25) is 0 Å². The molecule has 54 valence electrons. The highest BCUT2D eigenvalue weighted by atomic mass is 35.5. The van der Waals surface area contributed by atoms with Crippen LogP contribution in [0.1, 0.15) is 20.3 Å². The maximum Gasteiger partial charge on any atom is 0.0662 e. The molecule has 0 saturated heterocycles. The first-order valence-electron chi connectivity index (χ1n) is 3.18. The summed E-state index contributed by atoms with van der Waals surface area (Å²) in [4.78, 5) is 0. The third-order valence-electron chi connectivity index (χ3n) is 1.14. The molecular weight excluding hydrogens is 136 g/mol. The highest BCUT2D eigenvalue weighted by Gasteiger charge is 1.93. The van der Waals surface area contributed by atoms with Gasteiger partial charge in [-0.05, 0) is 19.4 Å². The van der Waals surface area contributed by atoms with Crippen molar-refractivity contribution in [2.75, 3.05) is 6.61 Å². The van der Waals surface area contributed by atoms with Crippen molar-refractivity contribution in [3.05, 3.63) is 11.6 Å². The smallest absolute Gasteiger partial charge is 0.0662 e. The molecule has 0 radical (unpaired) electrons. The minimum absolute atomic E-state index is 0.345. The molecule has 0 aromatic carbocycles. The zero-order valence-electron chi connectivity index (χ0n) is 5.93. The third kappa shape index (κ3) is 5.87. The van der Waals surface area contributed by atoms with Crippen molar-refractivity contribution in [1.82, 2.24) is 0 Å². The standard InChI is InChI=1S/C7H13ClO/c1-3-7(2)9-6-4-5-8/h4-5,7H,3,6H2,1-2H3/b5-4+. The van der Waals surface area contributed by atoms with Gasteiger partial charge in [0.1, 0.15) is 0 Å². The van der Waals surface area contributed by atoms with E-state index in [1.54, 1.807) is 6.08 Å². The summed E-state index contributed by atoms with van der Waals surface area (Å²) < 4.78 is 5.26. The molecule has 0 aliphatic heterocycles. The predicted octanol–water partition coefficient (Wildman–Crippen LogP) is 2.55. The van der Waals surface area contributed by atoms with E-state index in [0.717, 1.165) is 6.42 Å². The van der Waals surface area contributed by atoms with Crippen molar-refractivity contribution in [2.45, 2.75) is 26.4 Å². The molecule has 0 N–H and O–H groups in total. The minimum atomic E-state index is 0.345. The summed E-state index contributed by atoms with van der Waals surface area (Å²) in [5, 5.41) is 0. The van der Waals surface area contributed by atoms with Gasteiger partial charge in [0.05, 0.1) is 12.7 Å². The van der Waals surface area contributed by atoms with E-state index >= 15 is 0 Å². The Morgan fingerprint density at radius 2 is 2.33 bits per heavy atom. The second kappa shape index (κ2) is 6.12. The second-order valence-electron chi connectivity index (χ2n) is 1.91. The van der Waals surface area contributed by atoms with Gasteiger partial charge >= 0.3 is 0 Å². The van der Waals surface area contributed by atoms with E-state index in [-0.39, 0.29) is 0 Å². The van der Waals surface area contributed by atoms with E-state index in [9.17, 15) is 0 Å². The Labute approximate surface area is 61.7 Å². The maximum absolute atomic E-state index is 5.27.